The van der Waals surface area contributed by atoms with Crippen LogP contribution in [-0.4, -0.2) is 37.7 Å². The Morgan fingerprint density at radius 1 is 1.06 bits per heavy atom. The number of hydrogen-bond donors (Lipinski definition) is 1. The van der Waals surface area contributed by atoms with Gasteiger partial charge in [-0.15, -0.1) is 11.3 Å². The Balaban J connectivity index is 1.78. The molecule has 1 aliphatic rings. The van der Waals surface area contributed by atoms with Crippen LogP contribution in [0.4, 0.5) is 26.3 Å². The van der Waals surface area contributed by atoms with Crippen molar-refractivity contribution >= 4 is 57.6 Å². The molecule has 1 aromatic carbocycles. The number of thiazole rings is 1. The van der Waals surface area contributed by atoms with E-state index in [0.29, 0.717) is 47.1 Å². The van der Waals surface area contributed by atoms with Crippen LogP contribution in [-0.2, 0) is 21.9 Å². The number of benzene rings is 1. The molecule has 5 nitrogen and oxygen atoms in total. The third-order valence-electron chi connectivity index (χ3n) is 4.78. The van der Waals surface area contributed by atoms with E-state index in [1.807, 2.05) is 0 Å². The Bertz CT molecular complexity index is 1140. The smallest absolute Gasteiger partial charge is 0.416 e. The zero-order chi connectivity index (χ0) is 26.0. The molecule has 0 radical (unpaired) electrons. The summed E-state index contributed by atoms with van der Waals surface area (Å²) in [4.78, 5) is 29.1. The summed E-state index contributed by atoms with van der Waals surface area (Å²) in [6, 6.07) is 1.24. The minimum absolute atomic E-state index is 0.0301. The summed E-state index contributed by atoms with van der Waals surface area (Å²) in [6.07, 6.45) is -5.62. The summed E-state index contributed by atoms with van der Waals surface area (Å²) in [7, 11) is 0. The van der Waals surface area contributed by atoms with Gasteiger partial charge in [0.25, 0.3) is 5.91 Å². The van der Waals surface area contributed by atoms with Gasteiger partial charge in [-0.3, -0.25) is 14.5 Å². The van der Waals surface area contributed by atoms with Crippen LogP contribution in [0.2, 0.25) is 0 Å². The molecule has 1 aromatic heterocycles. The van der Waals surface area contributed by atoms with Crippen molar-refractivity contribution in [2.24, 2.45) is 0 Å². The number of amides is 1. The van der Waals surface area contributed by atoms with Crippen LogP contribution in [0.3, 0.4) is 0 Å². The van der Waals surface area contributed by atoms with Gasteiger partial charge in [-0.1, -0.05) is 30.4 Å². The summed E-state index contributed by atoms with van der Waals surface area (Å²) in [5, 5.41) is 8.59. The molecule has 0 unspecified atom stereocenters. The lowest BCUT2D eigenvalue weighted by molar-refractivity contribution is -0.143. The van der Waals surface area contributed by atoms with E-state index in [4.69, 9.17) is 17.3 Å². The molecule has 2 aromatic rings. The number of carbonyl (C=O) groups is 2. The first-order chi connectivity index (χ1) is 16.3. The molecule has 14 heteroatoms. The van der Waals surface area contributed by atoms with Gasteiger partial charge in [0.2, 0.25) is 0 Å². The zero-order valence-electron chi connectivity index (χ0n) is 17.6. The number of nitrogens with zero attached hydrogens (tertiary/aromatic N) is 2. The van der Waals surface area contributed by atoms with Crippen molar-refractivity contribution < 1.29 is 41.0 Å². The van der Waals surface area contributed by atoms with Crippen LogP contribution >= 0.6 is 35.3 Å². The van der Waals surface area contributed by atoms with Crippen molar-refractivity contribution in [3.8, 4) is 10.6 Å². The van der Waals surface area contributed by atoms with Crippen LogP contribution in [0.15, 0.2) is 29.3 Å². The van der Waals surface area contributed by atoms with E-state index in [1.165, 1.54) is 17.2 Å². The number of thioether (sulfide) groups is 1. The van der Waals surface area contributed by atoms with Crippen molar-refractivity contribution in [3.05, 3.63) is 45.3 Å². The number of carbonyl (C=O) groups excluding carboxylic acids is 1. The number of alkyl halides is 6. The molecular weight excluding hydrogens is 538 g/mol. The minimum Gasteiger partial charge on any atom is -0.481 e. The van der Waals surface area contributed by atoms with Gasteiger partial charge in [-0.2, -0.15) is 26.3 Å². The molecule has 1 fully saturated rings. The second-order valence-electron chi connectivity index (χ2n) is 7.40. The van der Waals surface area contributed by atoms with Crippen LogP contribution < -0.4 is 0 Å². The normalized spacial score (nSPS) is 15.9. The molecule has 1 N–H and O–H groups in total. The maximum atomic E-state index is 13.1. The molecule has 1 aliphatic heterocycles. The number of thiocarbonyl (C=S) groups is 1. The Morgan fingerprint density at radius 2 is 1.69 bits per heavy atom. The van der Waals surface area contributed by atoms with Crippen LogP contribution in [0.25, 0.3) is 16.6 Å². The molecule has 35 heavy (non-hydrogen) atoms. The fraction of sp³-hybridized carbons (Fsp3) is 0.333. The largest absolute Gasteiger partial charge is 0.481 e. The highest BCUT2D eigenvalue weighted by atomic mass is 32.2. The van der Waals surface area contributed by atoms with Gasteiger partial charge in [0.05, 0.1) is 16.0 Å². The van der Waals surface area contributed by atoms with Crippen LogP contribution in [0, 0.1) is 0 Å². The molecule has 0 saturated carbocycles. The van der Waals surface area contributed by atoms with Crippen molar-refractivity contribution in [2.45, 2.75) is 38.0 Å². The van der Waals surface area contributed by atoms with Gasteiger partial charge < -0.3 is 5.11 Å². The number of carboxylic acids is 1. The summed E-state index contributed by atoms with van der Waals surface area (Å²) in [5.74, 6) is -1.28. The number of aliphatic carboxylic acids is 1. The Kier molecular flexibility index (Phi) is 8.27. The molecule has 0 bridgehead atoms. The Morgan fingerprint density at radius 3 is 2.26 bits per heavy atom. The zero-order valence-corrected chi connectivity index (χ0v) is 20.0. The van der Waals surface area contributed by atoms with Gasteiger partial charge >= 0.3 is 18.3 Å². The fourth-order valence-electron chi connectivity index (χ4n) is 3.11. The summed E-state index contributed by atoms with van der Waals surface area (Å²) >= 11 is 7.07. The summed E-state index contributed by atoms with van der Waals surface area (Å²) < 4.78 is 79.1. The van der Waals surface area contributed by atoms with Gasteiger partial charge in [-0.25, -0.2) is 4.98 Å². The SMILES string of the molecule is O=C(O)CCCCCN1C(=O)C(=Cc2cnc(-c3cc(C(F)(F)F)cc(C(F)(F)F)c3)s2)SC1=S. The van der Waals surface area contributed by atoms with Gasteiger partial charge in [0, 0.05) is 29.6 Å². The highest BCUT2D eigenvalue weighted by Crippen LogP contribution is 2.40. The minimum atomic E-state index is -4.97. The fourth-order valence-corrected chi connectivity index (χ4v) is 5.33. The van der Waals surface area contributed by atoms with Crippen molar-refractivity contribution in [3.63, 3.8) is 0 Å². The topological polar surface area (TPSA) is 70.5 Å². The predicted molar refractivity (Wildman–Crippen MR) is 124 cm³/mol. The van der Waals surface area contributed by atoms with Crippen molar-refractivity contribution in [1.82, 2.24) is 9.88 Å². The quantitative estimate of drug-likeness (QED) is 0.170. The highest BCUT2D eigenvalue weighted by Gasteiger charge is 2.37. The van der Waals surface area contributed by atoms with Crippen molar-refractivity contribution in [2.75, 3.05) is 6.54 Å². The molecular formula is C21H16F6N2O3S3. The van der Waals surface area contributed by atoms with E-state index in [2.05, 4.69) is 4.98 Å². The molecule has 1 amide bonds. The lowest BCUT2D eigenvalue weighted by Crippen LogP contribution is -2.29. The van der Waals surface area contributed by atoms with E-state index < -0.39 is 29.4 Å². The number of halogens is 6. The Hall–Kier alpha value is -2.45. The Labute approximate surface area is 208 Å². The first-order valence-corrected chi connectivity index (χ1v) is 12.0. The third-order valence-corrected chi connectivity index (χ3v) is 7.15. The molecule has 188 valence electrons. The number of rotatable bonds is 8. The van der Waals surface area contributed by atoms with Gasteiger partial charge in [0.15, 0.2) is 0 Å². The summed E-state index contributed by atoms with van der Waals surface area (Å²) in [6.45, 7) is 0.306. The first-order valence-electron chi connectivity index (χ1n) is 9.98. The van der Waals surface area contributed by atoms with Crippen molar-refractivity contribution in [1.29, 1.82) is 0 Å². The maximum absolute atomic E-state index is 13.1. The third kappa shape index (κ3) is 7.04. The molecule has 3 rings (SSSR count). The van der Waals surface area contributed by atoms with Gasteiger partial charge in [-0.05, 0) is 37.1 Å². The molecule has 0 aliphatic carbocycles. The standard InChI is InChI=1S/C21H16F6N2O3S3/c22-20(23,24)12-6-11(7-13(8-12)21(25,26)27)17-28-10-14(34-17)9-15-18(32)29(19(33)35-15)5-3-1-2-4-16(30)31/h6-10H,1-5H2,(H,30,31). The van der Waals surface area contributed by atoms with E-state index in [0.717, 1.165) is 23.1 Å². The van der Waals surface area contributed by atoms with E-state index in [-0.39, 0.29) is 33.9 Å². The van der Waals surface area contributed by atoms with E-state index >= 15 is 0 Å². The average molecular weight is 555 g/mol. The first kappa shape index (κ1) is 27.1. The van der Waals surface area contributed by atoms with Crippen LogP contribution in [0.1, 0.15) is 41.7 Å². The van der Waals surface area contributed by atoms with Crippen LogP contribution in [0.5, 0.6) is 0 Å². The summed E-state index contributed by atoms with van der Waals surface area (Å²) in [5.41, 5.74) is -3.22. The highest BCUT2D eigenvalue weighted by molar-refractivity contribution is 8.26. The number of aromatic nitrogens is 1. The molecule has 2 heterocycles. The lowest BCUT2D eigenvalue weighted by atomic mass is 10.1. The second-order valence-corrected chi connectivity index (χ2v) is 10.1. The maximum Gasteiger partial charge on any atom is 0.416 e. The molecule has 0 atom stereocenters. The van der Waals surface area contributed by atoms with Gasteiger partial charge in [0.1, 0.15) is 9.33 Å². The lowest BCUT2D eigenvalue weighted by Gasteiger charge is -2.13. The molecule has 0 spiro atoms. The van der Waals surface area contributed by atoms with E-state index in [9.17, 15) is 35.9 Å². The predicted octanol–water partition coefficient (Wildman–Crippen LogP) is 6.69. The second kappa shape index (κ2) is 10.7. The molecule has 1 saturated heterocycles. The number of unbranched alkanes of at least 4 members (excludes halogenated alkanes) is 2. The monoisotopic (exact) mass is 554 g/mol. The van der Waals surface area contributed by atoms with E-state index in [1.54, 1.807) is 0 Å². The average Bonchev–Trinajstić information content (AvgIpc) is 3.31. The number of hydrogen-bond acceptors (Lipinski definition) is 6. The number of carboxylic acid groups (broad SMARTS) is 1.